The third-order valence-corrected chi connectivity index (χ3v) is 2.76. The van der Waals surface area contributed by atoms with Gasteiger partial charge < -0.3 is 4.74 Å². The van der Waals surface area contributed by atoms with Crippen LogP contribution in [0.1, 0.15) is 5.69 Å². The summed E-state index contributed by atoms with van der Waals surface area (Å²) in [5.41, 5.74) is -0.619. The van der Waals surface area contributed by atoms with Gasteiger partial charge in [0.1, 0.15) is 5.75 Å². The Balaban J connectivity index is 2.14. The van der Waals surface area contributed by atoms with E-state index in [-0.39, 0.29) is 11.3 Å². The fourth-order valence-corrected chi connectivity index (χ4v) is 1.84. The van der Waals surface area contributed by atoms with Crippen LogP contribution >= 0.6 is 0 Å². The quantitative estimate of drug-likeness (QED) is 0.699. The molecule has 3 aromatic rings. The van der Waals surface area contributed by atoms with Crippen LogP contribution in [0.15, 0.2) is 54.6 Å². The SMILES string of the molecule is FC(F)(F)c1nc2ccccc2nc1Oc1ccccc1. The maximum Gasteiger partial charge on any atom is 0.438 e. The first-order valence-electron chi connectivity index (χ1n) is 6.11. The third kappa shape index (κ3) is 2.79. The molecular weight excluding hydrogens is 281 g/mol. The number of rotatable bonds is 2. The topological polar surface area (TPSA) is 35.0 Å². The van der Waals surface area contributed by atoms with Gasteiger partial charge in [0.05, 0.1) is 11.0 Å². The molecule has 0 unspecified atom stereocenters. The van der Waals surface area contributed by atoms with Crippen molar-refractivity contribution in [2.24, 2.45) is 0 Å². The standard InChI is InChI=1S/C15H9F3N2O/c16-15(17,18)13-14(21-10-6-2-1-3-7-10)20-12-9-5-4-8-11(12)19-13/h1-9H. The molecule has 6 heteroatoms. The van der Waals surface area contributed by atoms with E-state index < -0.39 is 17.8 Å². The van der Waals surface area contributed by atoms with E-state index in [0.717, 1.165) is 0 Å². The molecule has 2 aromatic carbocycles. The molecule has 0 fully saturated rings. The Labute approximate surface area is 118 Å². The number of hydrogen-bond acceptors (Lipinski definition) is 3. The zero-order valence-corrected chi connectivity index (χ0v) is 10.6. The largest absolute Gasteiger partial charge is 0.438 e. The highest BCUT2D eigenvalue weighted by atomic mass is 19.4. The average molecular weight is 290 g/mol. The summed E-state index contributed by atoms with van der Waals surface area (Å²) >= 11 is 0. The first-order chi connectivity index (χ1) is 10.0. The van der Waals surface area contributed by atoms with Gasteiger partial charge in [-0.15, -0.1) is 0 Å². The molecule has 0 spiro atoms. The smallest absolute Gasteiger partial charge is 0.437 e. The first-order valence-corrected chi connectivity index (χ1v) is 6.11. The zero-order chi connectivity index (χ0) is 14.9. The van der Waals surface area contributed by atoms with Crippen molar-refractivity contribution in [3.8, 4) is 11.6 Å². The van der Waals surface area contributed by atoms with Crippen LogP contribution in [0.5, 0.6) is 11.6 Å². The maximum atomic E-state index is 13.1. The minimum absolute atomic E-state index is 0.172. The molecule has 0 saturated carbocycles. The number of nitrogens with zero attached hydrogens (tertiary/aromatic N) is 2. The number of halogens is 3. The van der Waals surface area contributed by atoms with Gasteiger partial charge in [-0.1, -0.05) is 30.3 Å². The second-order valence-electron chi connectivity index (χ2n) is 4.28. The molecule has 1 aromatic heterocycles. The van der Waals surface area contributed by atoms with Crippen molar-refractivity contribution in [1.82, 2.24) is 9.97 Å². The monoisotopic (exact) mass is 290 g/mol. The number of fused-ring (bicyclic) bond motifs is 1. The molecule has 0 saturated heterocycles. The van der Waals surface area contributed by atoms with E-state index in [1.54, 1.807) is 48.5 Å². The molecule has 0 N–H and O–H groups in total. The van der Waals surface area contributed by atoms with Crippen molar-refractivity contribution in [2.45, 2.75) is 6.18 Å². The normalized spacial score (nSPS) is 11.6. The Morgan fingerprint density at radius 1 is 0.762 bits per heavy atom. The summed E-state index contributed by atoms with van der Waals surface area (Å²) in [6.07, 6.45) is -4.64. The minimum atomic E-state index is -4.64. The van der Waals surface area contributed by atoms with Gasteiger partial charge in [0, 0.05) is 0 Å². The van der Waals surface area contributed by atoms with Gasteiger partial charge in [-0.25, -0.2) is 9.97 Å². The van der Waals surface area contributed by atoms with Crippen LogP contribution in [-0.4, -0.2) is 9.97 Å². The predicted molar refractivity (Wildman–Crippen MR) is 71.1 cm³/mol. The van der Waals surface area contributed by atoms with Crippen molar-refractivity contribution < 1.29 is 17.9 Å². The number of alkyl halides is 3. The summed E-state index contributed by atoms with van der Waals surface area (Å²) in [5.74, 6) is -0.278. The highest BCUT2D eigenvalue weighted by Crippen LogP contribution is 2.36. The van der Waals surface area contributed by atoms with Gasteiger partial charge in [-0.05, 0) is 24.3 Å². The second-order valence-corrected chi connectivity index (χ2v) is 4.28. The summed E-state index contributed by atoms with van der Waals surface area (Å²) in [5, 5.41) is 0. The number of ether oxygens (including phenoxy) is 1. The molecule has 0 atom stereocenters. The molecule has 1 heterocycles. The minimum Gasteiger partial charge on any atom is -0.437 e. The summed E-state index contributed by atoms with van der Waals surface area (Å²) in [6, 6.07) is 14.5. The van der Waals surface area contributed by atoms with Gasteiger partial charge >= 0.3 is 6.18 Å². The Morgan fingerprint density at radius 2 is 1.33 bits per heavy atom. The van der Waals surface area contributed by atoms with Crippen LogP contribution in [0.2, 0.25) is 0 Å². The fraction of sp³-hybridized carbons (Fsp3) is 0.0667. The maximum absolute atomic E-state index is 13.1. The van der Waals surface area contributed by atoms with Crippen LogP contribution in [0.3, 0.4) is 0 Å². The lowest BCUT2D eigenvalue weighted by Gasteiger charge is -2.12. The van der Waals surface area contributed by atoms with E-state index >= 15 is 0 Å². The Morgan fingerprint density at radius 3 is 1.95 bits per heavy atom. The summed E-state index contributed by atoms with van der Waals surface area (Å²) in [6.45, 7) is 0. The lowest BCUT2D eigenvalue weighted by Crippen LogP contribution is -2.11. The molecular formula is C15H9F3N2O. The third-order valence-electron chi connectivity index (χ3n) is 2.76. The molecule has 0 bridgehead atoms. The van der Waals surface area contributed by atoms with Crippen LogP contribution in [-0.2, 0) is 6.18 Å². The van der Waals surface area contributed by atoms with Crippen molar-refractivity contribution in [2.75, 3.05) is 0 Å². The molecule has 0 aliphatic rings. The van der Waals surface area contributed by atoms with Gasteiger partial charge in [0.25, 0.3) is 5.88 Å². The molecule has 3 nitrogen and oxygen atoms in total. The van der Waals surface area contributed by atoms with Crippen LogP contribution in [0.4, 0.5) is 13.2 Å². The molecule has 21 heavy (non-hydrogen) atoms. The van der Waals surface area contributed by atoms with E-state index in [1.807, 2.05) is 0 Å². The second kappa shape index (κ2) is 5.05. The molecule has 106 valence electrons. The fourth-order valence-electron chi connectivity index (χ4n) is 1.84. The average Bonchev–Trinajstić information content (AvgIpc) is 2.46. The number of benzene rings is 2. The molecule has 0 aliphatic heterocycles. The summed E-state index contributed by atoms with van der Waals surface area (Å²) in [4.78, 5) is 7.56. The van der Waals surface area contributed by atoms with E-state index in [4.69, 9.17) is 4.74 Å². The predicted octanol–water partition coefficient (Wildman–Crippen LogP) is 4.44. The lowest BCUT2D eigenvalue weighted by molar-refractivity contribution is -0.142. The van der Waals surface area contributed by atoms with Crippen molar-refractivity contribution in [3.05, 3.63) is 60.3 Å². The van der Waals surface area contributed by atoms with Gasteiger partial charge in [-0.3, -0.25) is 0 Å². The van der Waals surface area contributed by atoms with E-state index in [9.17, 15) is 13.2 Å². The zero-order valence-electron chi connectivity index (χ0n) is 10.6. The van der Waals surface area contributed by atoms with Crippen LogP contribution < -0.4 is 4.74 Å². The highest BCUT2D eigenvalue weighted by Gasteiger charge is 2.38. The molecule has 0 aliphatic carbocycles. The molecule has 0 amide bonds. The molecule has 0 radical (unpaired) electrons. The lowest BCUT2D eigenvalue weighted by atomic mass is 10.3. The van der Waals surface area contributed by atoms with Gasteiger partial charge in [-0.2, -0.15) is 13.2 Å². The molecule has 3 rings (SSSR count). The number of para-hydroxylation sites is 3. The van der Waals surface area contributed by atoms with Crippen molar-refractivity contribution >= 4 is 11.0 Å². The first kappa shape index (κ1) is 13.4. The van der Waals surface area contributed by atoms with Crippen molar-refractivity contribution in [3.63, 3.8) is 0 Å². The highest BCUT2D eigenvalue weighted by molar-refractivity contribution is 5.74. The van der Waals surface area contributed by atoms with Crippen LogP contribution in [0, 0.1) is 0 Å². The van der Waals surface area contributed by atoms with Gasteiger partial charge in [0.15, 0.2) is 0 Å². The van der Waals surface area contributed by atoms with E-state index in [1.165, 1.54) is 6.07 Å². The summed E-state index contributed by atoms with van der Waals surface area (Å²) in [7, 11) is 0. The Hall–Kier alpha value is -2.63. The van der Waals surface area contributed by atoms with E-state index in [0.29, 0.717) is 5.52 Å². The number of aromatic nitrogens is 2. The Kier molecular flexibility index (Phi) is 3.21. The van der Waals surface area contributed by atoms with Gasteiger partial charge in [0.2, 0.25) is 5.69 Å². The number of hydrogen-bond donors (Lipinski definition) is 0. The van der Waals surface area contributed by atoms with E-state index in [2.05, 4.69) is 9.97 Å². The van der Waals surface area contributed by atoms with Crippen LogP contribution in [0.25, 0.3) is 11.0 Å². The summed E-state index contributed by atoms with van der Waals surface area (Å²) < 4.78 is 44.5. The Bertz CT molecular complexity index is 773. The van der Waals surface area contributed by atoms with Crippen molar-refractivity contribution in [1.29, 1.82) is 0 Å².